The largest absolute Gasteiger partial charge is 0.311 e. The molecular weight excluding hydrogens is 456 g/mol. The molecule has 4 aromatic carbocycles. The first-order chi connectivity index (χ1) is 17.0. The van der Waals surface area contributed by atoms with E-state index < -0.39 is 10.0 Å². The van der Waals surface area contributed by atoms with E-state index >= 15 is 0 Å². The van der Waals surface area contributed by atoms with Crippen LogP contribution in [0.4, 0.5) is 5.69 Å². The zero-order valence-corrected chi connectivity index (χ0v) is 20.4. The lowest BCUT2D eigenvalue weighted by atomic mass is 10.1. The van der Waals surface area contributed by atoms with E-state index in [-0.39, 0.29) is 19.0 Å². The fraction of sp³-hybridized carbons (Fsp3) is 0.138. The number of fused-ring (bicyclic) bond motifs is 1. The van der Waals surface area contributed by atoms with Gasteiger partial charge in [0.1, 0.15) is 0 Å². The van der Waals surface area contributed by atoms with Gasteiger partial charge in [-0.3, -0.25) is 4.79 Å². The Morgan fingerprint density at radius 1 is 0.800 bits per heavy atom. The summed E-state index contributed by atoms with van der Waals surface area (Å²) < 4.78 is 28.0. The van der Waals surface area contributed by atoms with Gasteiger partial charge in [0, 0.05) is 23.9 Å². The van der Waals surface area contributed by atoms with Gasteiger partial charge in [0.15, 0.2) is 0 Å². The monoisotopic (exact) mass is 484 g/mol. The lowest BCUT2D eigenvalue weighted by Crippen LogP contribution is -2.42. The van der Waals surface area contributed by atoms with Crippen LogP contribution in [0.15, 0.2) is 109 Å². The number of hydrogen-bond acceptors (Lipinski definition) is 3. The van der Waals surface area contributed by atoms with Crippen LogP contribution < -0.4 is 4.90 Å². The Kier molecular flexibility index (Phi) is 7.75. The molecule has 0 saturated carbocycles. The lowest BCUT2D eigenvalue weighted by Gasteiger charge is -2.27. The Morgan fingerprint density at radius 3 is 2.14 bits per heavy atom. The van der Waals surface area contributed by atoms with Crippen LogP contribution in [0.25, 0.3) is 16.8 Å². The van der Waals surface area contributed by atoms with Crippen molar-refractivity contribution in [3.8, 4) is 0 Å². The Morgan fingerprint density at radius 2 is 1.43 bits per heavy atom. The molecule has 4 aromatic rings. The molecule has 0 saturated heterocycles. The average molecular weight is 485 g/mol. The van der Waals surface area contributed by atoms with Crippen LogP contribution in [0.3, 0.4) is 0 Å². The van der Waals surface area contributed by atoms with E-state index in [1.165, 1.54) is 9.71 Å². The highest BCUT2D eigenvalue weighted by atomic mass is 32.2. The molecule has 6 heteroatoms. The van der Waals surface area contributed by atoms with Crippen molar-refractivity contribution in [3.63, 3.8) is 0 Å². The van der Waals surface area contributed by atoms with Crippen molar-refractivity contribution in [2.24, 2.45) is 0 Å². The van der Waals surface area contributed by atoms with Crippen molar-refractivity contribution in [3.05, 3.63) is 120 Å². The third kappa shape index (κ3) is 6.04. The lowest BCUT2D eigenvalue weighted by molar-refractivity contribution is -0.118. The van der Waals surface area contributed by atoms with Gasteiger partial charge in [-0.05, 0) is 35.6 Å². The SMILES string of the molecule is CCN(C(=O)CN(Cc1ccccc1)S(=O)(=O)/C=C/c1ccccc1)c1cccc2ccccc12. The molecule has 0 radical (unpaired) electrons. The first kappa shape index (κ1) is 24.4. The van der Waals surface area contributed by atoms with Crippen LogP contribution in [0.1, 0.15) is 18.1 Å². The van der Waals surface area contributed by atoms with E-state index in [9.17, 15) is 13.2 Å². The van der Waals surface area contributed by atoms with Crippen LogP contribution >= 0.6 is 0 Å². The van der Waals surface area contributed by atoms with Gasteiger partial charge in [0.2, 0.25) is 15.9 Å². The summed E-state index contributed by atoms with van der Waals surface area (Å²) in [5, 5.41) is 3.15. The van der Waals surface area contributed by atoms with Crippen LogP contribution in [0.5, 0.6) is 0 Å². The minimum absolute atomic E-state index is 0.0983. The van der Waals surface area contributed by atoms with Crippen molar-refractivity contribution < 1.29 is 13.2 Å². The summed E-state index contributed by atoms with van der Waals surface area (Å²) in [5.74, 6) is -0.281. The highest BCUT2D eigenvalue weighted by molar-refractivity contribution is 7.92. The van der Waals surface area contributed by atoms with Crippen molar-refractivity contribution in [2.45, 2.75) is 13.5 Å². The molecule has 0 aliphatic carbocycles. The molecule has 5 nitrogen and oxygen atoms in total. The minimum Gasteiger partial charge on any atom is -0.311 e. The molecule has 0 N–H and O–H groups in total. The van der Waals surface area contributed by atoms with Crippen molar-refractivity contribution in [1.82, 2.24) is 4.31 Å². The van der Waals surface area contributed by atoms with Crippen molar-refractivity contribution in [2.75, 3.05) is 18.0 Å². The Hall–Kier alpha value is -3.74. The van der Waals surface area contributed by atoms with Crippen LogP contribution in [-0.2, 0) is 21.4 Å². The normalized spacial score (nSPS) is 11.8. The summed E-state index contributed by atoms with van der Waals surface area (Å²) in [4.78, 5) is 15.2. The average Bonchev–Trinajstić information content (AvgIpc) is 2.89. The van der Waals surface area contributed by atoms with Gasteiger partial charge in [-0.25, -0.2) is 8.42 Å². The highest BCUT2D eigenvalue weighted by Crippen LogP contribution is 2.27. The predicted octanol–water partition coefficient (Wildman–Crippen LogP) is 5.70. The van der Waals surface area contributed by atoms with Gasteiger partial charge >= 0.3 is 0 Å². The summed E-state index contributed by atoms with van der Waals surface area (Å²) >= 11 is 0. The van der Waals surface area contributed by atoms with E-state index in [0.717, 1.165) is 27.6 Å². The summed E-state index contributed by atoms with van der Waals surface area (Å²) in [7, 11) is -3.87. The number of hydrogen-bond donors (Lipinski definition) is 0. The van der Waals surface area contributed by atoms with E-state index in [1.54, 1.807) is 11.0 Å². The van der Waals surface area contributed by atoms with Crippen LogP contribution in [-0.4, -0.2) is 31.7 Å². The van der Waals surface area contributed by atoms with Gasteiger partial charge in [0.25, 0.3) is 0 Å². The standard InChI is InChI=1S/C29H28N2O3S/c1-2-31(28-19-11-17-26-16-9-10-18-27(26)28)29(32)23-30(22-25-14-7-4-8-15-25)35(33,34)21-20-24-12-5-3-6-13-24/h3-21H,2,22-23H2,1H3/b21-20+. The number of benzene rings is 4. The number of carbonyl (C=O) groups is 1. The smallest absolute Gasteiger partial charge is 0.242 e. The summed E-state index contributed by atoms with van der Waals surface area (Å²) in [5.41, 5.74) is 2.35. The first-order valence-electron chi connectivity index (χ1n) is 11.5. The first-order valence-corrected chi connectivity index (χ1v) is 13.0. The second kappa shape index (κ2) is 11.1. The van der Waals surface area contributed by atoms with Crippen LogP contribution in [0.2, 0.25) is 0 Å². The number of carbonyl (C=O) groups excluding carboxylic acids is 1. The number of sulfonamides is 1. The highest BCUT2D eigenvalue weighted by Gasteiger charge is 2.26. The minimum atomic E-state index is -3.87. The molecule has 0 fully saturated rings. The molecule has 0 aliphatic rings. The summed E-state index contributed by atoms with van der Waals surface area (Å²) in [6, 6.07) is 32.2. The van der Waals surface area contributed by atoms with Gasteiger partial charge in [-0.15, -0.1) is 0 Å². The second-order valence-electron chi connectivity index (χ2n) is 8.15. The maximum Gasteiger partial charge on any atom is 0.242 e. The number of likely N-dealkylation sites (N-methyl/N-ethyl adjacent to an activating group) is 1. The summed E-state index contributed by atoms with van der Waals surface area (Å²) in [6.07, 6.45) is 1.56. The predicted molar refractivity (Wildman–Crippen MR) is 143 cm³/mol. The van der Waals surface area contributed by atoms with Gasteiger partial charge in [0.05, 0.1) is 12.2 Å². The number of anilines is 1. The molecule has 0 heterocycles. The van der Waals surface area contributed by atoms with E-state index in [0.29, 0.717) is 6.54 Å². The topological polar surface area (TPSA) is 57.7 Å². The molecule has 1 amide bonds. The fourth-order valence-electron chi connectivity index (χ4n) is 4.00. The fourth-order valence-corrected chi connectivity index (χ4v) is 5.12. The molecule has 0 atom stereocenters. The third-order valence-corrected chi connectivity index (χ3v) is 7.24. The zero-order chi connectivity index (χ0) is 24.7. The van der Waals surface area contributed by atoms with Gasteiger partial charge in [-0.1, -0.05) is 97.1 Å². The molecule has 4 rings (SSSR count). The molecule has 35 heavy (non-hydrogen) atoms. The maximum atomic E-state index is 13.5. The molecule has 0 spiro atoms. The van der Waals surface area contributed by atoms with Crippen LogP contribution in [0, 0.1) is 0 Å². The molecule has 0 unspecified atom stereocenters. The Bertz CT molecular complexity index is 1410. The second-order valence-corrected chi connectivity index (χ2v) is 9.97. The molecule has 0 aromatic heterocycles. The third-order valence-electron chi connectivity index (χ3n) is 5.78. The van der Waals surface area contributed by atoms with E-state index in [1.807, 2.05) is 110 Å². The summed E-state index contributed by atoms with van der Waals surface area (Å²) in [6.45, 7) is 2.14. The van der Waals surface area contributed by atoms with E-state index in [2.05, 4.69) is 0 Å². The zero-order valence-electron chi connectivity index (χ0n) is 19.6. The van der Waals surface area contributed by atoms with Gasteiger partial charge in [-0.2, -0.15) is 4.31 Å². The Labute approximate surface area is 207 Å². The molecule has 0 bridgehead atoms. The quantitative estimate of drug-likeness (QED) is 0.306. The molecular formula is C29H28N2O3S. The molecule has 0 aliphatic heterocycles. The number of amides is 1. The van der Waals surface area contributed by atoms with Crippen molar-refractivity contribution >= 4 is 38.5 Å². The Balaban J connectivity index is 1.65. The van der Waals surface area contributed by atoms with Gasteiger partial charge < -0.3 is 4.90 Å². The molecule has 178 valence electrons. The number of rotatable bonds is 9. The maximum absolute atomic E-state index is 13.5. The number of nitrogens with zero attached hydrogens (tertiary/aromatic N) is 2. The van der Waals surface area contributed by atoms with Crippen molar-refractivity contribution in [1.29, 1.82) is 0 Å². The van der Waals surface area contributed by atoms with E-state index in [4.69, 9.17) is 0 Å².